The lowest BCUT2D eigenvalue weighted by molar-refractivity contribution is -0.119. The lowest BCUT2D eigenvalue weighted by Crippen LogP contribution is -2.39. The molecule has 1 aromatic heterocycles. The monoisotopic (exact) mass is 435 g/mol. The maximum absolute atomic E-state index is 12.7. The van der Waals surface area contributed by atoms with E-state index in [0.717, 1.165) is 49.7 Å². The predicted octanol–water partition coefficient (Wildman–Crippen LogP) is 0.960. The van der Waals surface area contributed by atoms with Gasteiger partial charge in [-0.2, -0.15) is 5.10 Å². The number of carbonyl (C=O) groups is 2. The minimum absolute atomic E-state index is 0.177. The highest BCUT2D eigenvalue weighted by Crippen LogP contribution is 2.24. The molecule has 1 atom stereocenters. The number of nitrogens with zero attached hydrogens (tertiary/aromatic N) is 5. The van der Waals surface area contributed by atoms with Crippen molar-refractivity contribution in [3.05, 3.63) is 54.2 Å². The number of likely N-dealkylation sites (N-methyl/N-ethyl adjacent to an activating group) is 1. The van der Waals surface area contributed by atoms with Gasteiger partial charge in [-0.3, -0.25) is 14.6 Å². The quantitative estimate of drug-likeness (QED) is 0.700. The number of amides is 2. The van der Waals surface area contributed by atoms with Gasteiger partial charge in [0.2, 0.25) is 5.91 Å². The van der Waals surface area contributed by atoms with Crippen LogP contribution in [0.3, 0.4) is 0 Å². The van der Waals surface area contributed by atoms with E-state index < -0.39 is 11.9 Å². The van der Waals surface area contributed by atoms with Gasteiger partial charge < -0.3 is 20.9 Å². The molecule has 9 heteroatoms. The number of pyridine rings is 1. The van der Waals surface area contributed by atoms with E-state index in [9.17, 15) is 9.59 Å². The van der Waals surface area contributed by atoms with Crippen molar-refractivity contribution < 1.29 is 9.59 Å². The standard InChI is InChI=1S/C23H29N7O2/c1-28-10-5-11-29(13-12-28)21-9-8-17(15-25-21)16-26-23(32)19-14-20(22(24)31)30(27-19)18-6-3-2-4-7-18/h2-4,6-9,15,20H,5,10-14,16H2,1H3,(H2,24,31)(H,26,32)/t20-/m1/s1. The Bertz CT molecular complexity index is 978. The van der Waals surface area contributed by atoms with Gasteiger partial charge in [0.05, 0.1) is 5.69 Å². The number of benzene rings is 1. The first kappa shape index (κ1) is 21.8. The molecule has 0 radical (unpaired) electrons. The summed E-state index contributed by atoms with van der Waals surface area (Å²) >= 11 is 0. The van der Waals surface area contributed by atoms with Crippen molar-refractivity contribution in [3.63, 3.8) is 0 Å². The van der Waals surface area contributed by atoms with Crippen LogP contribution in [0.25, 0.3) is 0 Å². The average Bonchev–Trinajstić information content (AvgIpc) is 3.16. The fourth-order valence-electron chi connectivity index (χ4n) is 3.96. The first-order chi connectivity index (χ1) is 15.5. The van der Waals surface area contributed by atoms with Crippen molar-refractivity contribution in [2.45, 2.75) is 25.4 Å². The van der Waals surface area contributed by atoms with E-state index in [4.69, 9.17) is 5.73 Å². The van der Waals surface area contributed by atoms with Gasteiger partial charge in [0.1, 0.15) is 17.6 Å². The maximum atomic E-state index is 12.7. The van der Waals surface area contributed by atoms with Crippen LogP contribution in [0.5, 0.6) is 0 Å². The summed E-state index contributed by atoms with van der Waals surface area (Å²) < 4.78 is 0. The lowest BCUT2D eigenvalue weighted by Gasteiger charge is -2.21. The Kier molecular flexibility index (Phi) is 6.65. The van der Waals surface area contributed by atoms with E-state index in [-0.39, 0.29) is 18.0 Å². The average molecular weight is 436 g/mol. The van der Waals surface area contributed by atoms with Crippen molar-refractivity contribution >= 4 is 29.0 Å². The van der Waals surface area contributed by atoms with Gasteiger partial charge in [0, 0.05) is 38.8 Å². The van der Waals surface area contributed by atoms with E-state index in [1.807, 2.05) is 42.5 Å². The van der Waals surface area contributed by atoms with E-state index in [1.54, 1.807) is 6.20 Å². The molecular formula is C23H29N7O2. The summed E-state index contributed by atoms with van der Waals surface area (Å²) in [5.74, 6) is 0.132. The highest BCUT2D eigenvalue weighted by molar-refractivity contribution is 6.40. The molecule has 1 aromatic carbocycles. The molecule has 0 aliphatic carbocycles. The Labute approximate surface area is 187 Å². The van der Waals surface area contributed by atoms with Gasteiger partial charge in [-0.15, -0.1) is 0 Å². The van der Waals surface area contributed by atoms with Gasteiger partial charge in [-0.05, 0) is 43.8 Å². The summed E-state index contributed by atoms with van der Waals surface area (Å²) in [5.41, 5.74) is 7.46. The number of para-hydroxylation sites is 1. The summed E-state index contributed by atoms with van der Waals surface area (Å²) in [6, 6.07) is 12.5. The second kappa shape index (κ2) is 9.78. The van der Waals surface area contributed by atoms with Crippen LogP contribution >= 0.6 is 0 Å². The number of carbonyl (C=O) groups excluding carboxylic acids is 2. The molecule has 2 amide bonds. The number of nitrogens with one attached hydrogen (secondary N) is 1. The van der Waals surface area contributed by atoms with Gasteiger partial charge in [0.15, 0.2) is 0 Å². The van der Waals surface area contributed by atoms with E-state index in [2.05, 4.69) is 32.2 Å². The van der Waals surface area contributed by atoms with E-state index in [1.165, 1.54) is 5.01 Å². The Hall–Kier alpha value is -3.46. The summed E-state index contributed by atoms with van der Waals surface area (Å²) in [4.78, 5) is 33.8. The van der Waals surface area contributed by atoms with Crippen LogP contribution < -0.4 is 21.0 Å². The third-order valence-corrected chi connectivity index (χ3v) is 5.83. The van der Waals surface area contributed by atoms with Gasteiger partial charge >= 0.3 is 0 Å². The topological polar surface area (TPSA) is 107 Å². The zero-order valence-corrected chi connectivity index (χ0v) is 18.3. The SMILES string of the molecule is CN1CCCN(c2ccc(CNC(=O)C3=NN(c4ccccc4)[C@@H](C(N)=O)C3)cn2)CC1. The van der Waals surface area contributed by atoms with Crippen LogP contribution in [0.2, 0.25) is 0 Å². The second-order valence-electron chi connectivity index (χ2n) is 8.20. The molecule has 9 nitrogen and oxygen atoms in total. The van der Waals surface area contributed by atoms with Crippen LogP contribution in [0.4, 0.5) is 11.5 Å². The molecule has 1 fully saturated rings. The highest BCUT2D eigenvalue weighted by atomic mass is 16.2. The summed E-state index contributed by atoms with van der Waals surface area (Å²) in [5, 5.41) is 8.77. The third kappa shape index (κ3) is 5.05. The zero-order valence-electron chi connectivity index (χ0n) is 18.3. The van der Waals surface area contributed by atoms with Gasteiger partial charge in [0.25, 0.3) is 5.91 Å². The number of rotatable bonds is 6. The van der Waals surface area contributed by atoms with Crippen molar-refractivity contribution in [3.8, 4) is 0 Å². The number of hydrogen-bond donors (Lipinski definition) is 2. The molecule has 168 valence electrons. The molecule has 3 N–H and O–H groups in total. The molecule has 0 saturated carbocycles. The molecule has 0 spiro atoms. The number of hydrogen-bond acceptors (Lipinski definition) is 7. The van der Waals surface area contributed by atoms with Gasteiger partial charge in [-0.1, -0.05) is 24.3 Å². The molecule has 0 unspecified atom stereocenters. The summed E-state index contributed by atoms with van der Waals surface area (Å²) in [6.07, 6.45) is 3.09. The van der Waals surface area contributed by atoms with E-state index in [0.29, 0.717) is 6.54 Å². The number of anilines is 2. The number of hydrazone groups is 1. The Morgan fingerprint density at radius 1 is 1.09 bits per heavy atom. The van der Waals surface area contributed by atoms with Crippen molar-refractivity contribution in [2.24, 2.45) is 10.8 Å². The Balaban J connectivity index is 1.36. The van der Waals surface area contributed by atoms with Crippen molar-refractivity contribution in [1.82, 2.24) is 15.2 Å². The molecular weight excluding hydrogens is 406 g/mol. The largest absolute Gasteiger partial charge is 0.368 e. The Morgan fingerprint density at radius 3 is 2.62 bits per heavy atom. The minimum atomic E-state index is -0.674. The minimum Gasteiger partial charge on any atom is -0.368 e. The van der Waals surface area contributed by atoms with Crippen molar-refractivity contribution in [1.29, 1.82) is 0 Å². The van der Waals surface area contributed by atoms with Crippen LogP contribution in [-0.4, -0.2) is 66.7 Å². The molecule has 2 aromatic rings. The molecule has 4 rings (SSSR count). The molecule has 2 aliphatic rings. The fraction of sp³-hybridized carbons (Fsp3) is 0.391. The fourth-order valence-corrected chi connectivity index (χ4v) is 3.96. The van der Waals surface area contributed by atoms with E-state index >= 15 is 0 Å². The van der Waals surface area contributed by atoms with Gasteiger partial charge in [-0.25, -0.2) is 4.98 Å². The highest BCUT2D eigenvalue weighted by Gasteiger charge is 2.34. The predicted molar refractivity (Wildman–Crippen MR) is 124 cm³/mol. The van der Waals surface area contributed by atoms with Crippen LogP contribution in [0.15, 0.2) is 53.8 Å². The first-order valence-electron chi connectivity index (χ1n) is 10.9. The van der Waals surface area contributed by atoms with Crippen LogP contribution in [0.1, 0.15) is 18.4 Å². The number of aromatic nitrogens is 1. The molecule has 1 saturated heterocycles. The molecule has 32 heavy (non-hydrogen) atoms. The summed E-state index contributed by atoms with van der Waals surface area (Å²) in [7, 11) is 2.14. The number of nitrogens with two attached hydrogens (primary N) is 1. The maximum Gasteiger partial charge on any atom is 0.267 e. The van der Waals surface area contributed by atoms with Crippen molar-refractivity contribution in [2.75, 3.05) is 43.1 Å². The number of primary amides is 1. The molecule has 2 aliphatic heterocycles. The smallest absolute Gasteiger partial charge is 0.267 e. The Morgan fingerprint density at radius 2 is 1.91 bits per heavy atom. The van der Waals surface area contributed by atoms with Crippen LogP contribution in [-0.2, 0) is 16.1 Å². The first-order valence-corrected chi connectivity index (χ1v) is 10.9. The zero-order chi connectivity index (χ0) is 22.5. The lowest BCUT2D eigenvalue weighted by atomic mass is 10.1. The molecule has 3 heterocycles. The summed E-state index contributed by atoms with van der Waals surface area (Å²) in [6.45, 7) is 4.40. The normalized spacial score (nSPS) is 19.4. The molecule has 0 bridgehead atoms. The van der Waals surface area contributed by atoms with Crippen LogP contribution in [0, 0.1) is 0 Å². The second-order valence-corrected chi connectivity index (χ2v) is 8.20. The third-order valence-electron chi connectivity index (χ3n) is 5.83.